The minimum atomic E-state index is 0.230. The van der Waals surface area contributed by atoms with Crippen LogP contribution in [0.15, 0.2) is 12.1 Å². The number of phenolic OH excluding ortho intramolecular Hbond substituents is 1. The summed E-state index contributed by atoms with van der Waals surface area (Å²) >= 11 is 0. The zero-order valence-corrected chi connectivity index (χ0v) is 9.58. The highest BCUT2D eigenvalue weighted by molar-refractivity contribution is 5.53. The molecule has 0 saturated heterocycles. The number of rotatable bonds is 4. The van der Waals surface area contributed by atoms with Crippen molar-refractivity contribution in [2.45, 2.75) is 39.5 Å². The van der Waals surface area contributed by atoms with E-state index in [1.165, 1.54) is 0 Å². The zero-order valence-electron chi connectivity index (χ0n) is 9.58. The highest BCUT2D eigenvalue weighted by Crippen LogP contribution is 2.28. The van der Waals surface area contributed by atoms with E-state index in [1.807, 2.05) is 26.8 Å². The summed E-state index contributed by atoms with van der Waals surface area (Å²) in [4.78, 5) is 10.5. The van der Waals surface area contributed by atoms with Gasteiger partial charge < -0.3 is 9.90 Å². The Morgan fingerprint density at radius 1 is 1.47 bits per heavy atom. The standard InChI is InChI=1S/C13H18O2/c1-4-11-8-12(9(2)5-6-14)10(3)7-13(11)15/h6-9,15H,4-5H2,1-3H3. The largest absolute Gasteiger partial charge is 0.508 e. The summed E-state index contributed by atoms with van der Waals surface area (Å²) in [6.07, 6.45) is 2.30. The van der Waals surface area contributed by atoms with Crippen molar-refractivity contribution in [3.8, 4) is 5.75 Å². The first-order valence-electron chi connectivity index (χ1n) is 5.36. The van der Waals surface area contributed by atoms with E-state index in [1.54, 1.807) is 6.07 Å². The van der Waals surface area contributed by atoms with Crippen molar-refractivity contribution in [3.05, 3.63) is 28.8 Å². The zero-order chi connectivity index (χ0) is 11.4. The van der Waals surface area contributed by atoms with Gasteiger partial charge in [0.1, 0.15) is 12.0 Å². The number of carbonyl (C=O) groups is 1. The van der Waals surface area contributed by atoms with Crippen LogP contribution in [0.1, 0.15) is 42.9 Å². The van der Waals surface area contributed by atoms with Gasteiger partial charge in [-0.15, -0.1) is 0 Å². The third kappa shape index (κ3) is 2.58. The second kappa shape index (κ2) is 4.96. The Morgan fingerprint density at radius 2 is 2.13 bits per heavy atom. The van der Waals surface area contributed by atoms with Crippen LogP contribution in [0.4, 0.5) is 0 Å². The number of benzene rings is 1. The Morgan fingerprint density at radius 3 is 2.67 bits per heavy atom. The van der Waals surface area contributed by atoms with E-state index < -0.39 is 0 Å². The molecule has 2 nitrogen and oxygen atoms in total. The molecule has 15 heavy (non-hydrogen) atoms. The van der Waals surface area contributed by atoms with Gasteiger partial charge in [-0.2, -0.15) is 0 Å². The van der Waals surface area contributed by atoms with Crippen LogP contribution in [0, 0.1) is 6.92 Å². The summed E-state index contributed by atoms with van der Waals surface area (Å²) in [5.74, 6) is 0.588. The van der Waals surface area contributed by atoms with Gasteiger partial charge in [0.05, 0.1) is 0 Å². The van der Waals surface area contributed by atoms with Crippen molar-refractivity contribution in [3.63, 3.8) is 0 Å². The fourth-order valence-corrected chi connectivity index (χ4v) is 1.84. The molecule has 0 bridgehead atoms. The van der Waals surface area contributed by atoms with E-state index in [2.05, 4.69) is 0 Å². The Bertz CT molecular complexity index is 356. The average molecular weight is 206 g/mol. The Labute approximate surface area is 90.9 Å². The topological polar surface area (TPSA) is 37.3 Å². The van der Waals surface area contributed by atoms with Gasteiger partial charge in [0.25, 0.3) is 0 Å². The number of hydrogen-bond donors (Lipinski definition) is 1. The van der Waals surface area contributed by atoms with Gasteiger partial charge in [-0.05, 0) is 42.0 Å². The lowest BCUT2D eigenvalue weighted by atomic mass is 9.91. The molecule has 0 aliphatic rings. The molecule has 0 spiro atoms. The molecule has 0 radical (unpaired) electrons. The third-order valence-electron chi connectivity index (χ3n) is 2.83. The van der Waals surface area contributed by atoms with Gasteiger partial charge in [0, 0.05) is 6.42 Å². The van der Waals surface area contributed by atoms with Crippen LogP contribution in [-0.2, 0) is 11.2 Å². The van der Waals surface area contributed by atoms with Gasteiger partial charge >= 0.3 is 0 Å². The molecular formula is C13H18O2. The van der Waals surface area contributed by atoms with E-state index in [4.69, 9.17) is 0 Å². The van der Waals surface area contributed by atoms with Crippen LogP contribution < -0.4 is 0 Å². The maximum atomic E-state index is 10.5. The number of carbonyl (C=O) groups excluding carboxylic acids is 1. The monoisotopic (exact) mass is 206 g/mol. The van der Waals surface area contributed by atoms with Crippen molar-refractivity contribution < 1.29 is 9.90 Å². The second-order valence-corrected chi connectivity index (χ2v) is 3.99. The first kappa shape index (κ1) is 11.8. The predicted octanol–water partition coefficient (Wildman–Crippen LogP) is 2.96. The fraction of sp³-hybridized carbons (Fsp3) is 0.462. The fourth-order valence-electron chi connectivity index (χ4n) is 1.84. The van der Waals surface area contributed by atoms with Gasteiger partial charge in [-0.25, -0.2) is 0 Å². The van der Waals surface area contributed by atoms with Crippen LogP contribution in [0.5, 0.6) is 5.75 Å². The van der Waals surface area contributed by atoms with Gasteiger partial charge in [-0.1, -0.05) is 19.9 Å². The lowest BCUT2D eigenvalue weighted by molar-refractivity contribution is -0.108. The van der Waals surface area contributed by atoms with Gasteiger partial charge in [0.15, 0.2) is 0 Å². The molecule has 1 unspecified atom stereocenters. The predicted molar refractivity (Wildman–Crippen MR) is 61.3 cm³/mol. The summed E-state index contributed by atoms with van der Waals surface area (Å²) in [7, 11) is 0. The molecular weight excluding hydrogens is 188 g/mol. The summed E-state index contributed by atoms with van der Waals surface area (Å²) in [6, 6.07) is 3.80. The van der Waals surface area contributed by atoms with Crippen LogP contribution in [0.2, 0.25) is 0 Å². The molecule has 1 aromatic rings. The van der Waals surface area contributed by atoms with Crippen molar-refractivity contribution in [1.29, 1.82) is 0 Å². The number of aryl methyl sites for hydroxylation is 2. The lowest BCUT2D eigenvalue weighted by Crippen LogP contribution is -1.99. The number of aldehydes is 1. The molecule has 0 saturated carbocycles. The highest BCUT2D eigenvalue weighted by atomic mass is 16.3. The lowest BCUT2D eigenvalue weighted by Gasteiger charge is -2.14. The molecule has 0 aliphatic heterocycles. The van der Waals surface area contributed by atoms with E-state index in [0.717, 1.165) is 29.4 Å². The smallest absolute Gasteiger partial charge is 0.120 e. The van der Waals surface area contributed by atoms with E-state index in [-0.39, 0.29) is 5.92 Å². The van der Waals surface area contributed by atoms with Crippen LogP contribution >= 0.6 is 0 Å². The Kier molecular flexibility index (Phi) is 3.89. The van der Waals surface area contributed by atoms with Crippen molar-refractivity contribution in [2.24, 2.45) is 0 Å². The van der Waals surface area contributed by atoms with Crippen molar-refractivity contribution >= 4 is 6.29 Å². The average Bonchev–Trinajstić information content (AvgIpc) is 2.18. The molecule has 0 amide bonds. The van der Waals surface area contributed by atoms with E-state index in [0.29, 0.717) is 12.2 Å². The molecule has 1 aromatic carbocycles. The number of aromatic hydroxyl groups is 1. The molecule has 82 valence electrons. The first-order valence-corrected chi connectivity index (χ1v) is 5.36. The number of hydrogen-bond acceptors (Lipinski definition) is 2. The maximum absolute atomic E-state index is 10.5. The van der Waals surface area contributed by atoms with Gasteiger partial charge in [0.2, 0.25) is 0 Å². The summed E-state index contributed by atoms with van der Waals surface area (Å²) in [6.45, 7) is 6.02. The first-order chi connectivity index (χ1) is 7.10. The molecule has 1 atom stereocenters. The summed E-state index contributed by atoms with van der Waals surface area (Å²) in [5, 5.41) is 9.66. The quantitative estimate of drug-likeness (QED) is 0.769. The normalized spacial score (nSPS) is 12.5. The van der Waals surface area contributed by atoms with Crippen molar-refractivity contribution in [2.75, 3.05) is 0 Å². The maximum Gasteiger partial charge on any atom is 0.120 e. The molecule has 0 fully saturated rings. The van der Waals surface area contributed by atoms with Crippen LogP contribution in [0.25, 0.3) is 0 Å². The summed E-state index contributed by atoms with van der Waals surface area (Å²) in [5.41, 5.74) is 3.17. The molecule has 0 aliphatic carbocycles. The second-order valence-electron chi connectivity index (χ2n) is 3.99. The van der Waals surface area contributed by atoms with Crippen LogP contribution in [-0.4, -0.2) is 11.4 Å². The molecule has 0 aromatic heterocycles. The Hall–Kier alpha value is -1.31. The minimum Gasteiger partial charge on any atom is -0.508 e. The molecule has 2 heteroatoms. The highest BCUT2D eigenvalue weighted by Gasteiger charge is 2.11. The Balaban J connectivity index is 3.11. The molecule has 1 N–H and O–H groups in total. The minimum absolute atomic E-state index is 0.230. The summed E-state index contributed by atoms with van der Waals surface area (Å²) < 4.78 is 0. The molecule has 1 rings (SSSR count). The van der Waals surface area contributed by atoms with Crippen molar-refractivity contribution in [1.82, 2.24) is 0 Å². The van der Waals surface area contributed by atoms with Crippen LogP contribution in [0.3, 0.4) is 0 Å². The molecule has 0 heterocycles. The SMILES string of the molecule is CCc1cc(C(C)CC=O)c(C)cc1O. The van der Waals surface area contributed by atoms with E-state index >= 15 is 0 Å². The third-order valence-corrected chi connectivity index (χ3v) is 2.83. The number of phenols is 1. The van der Waals surface area contributed by atoms with E-state index in [9.17, 15) is 9.90 Å². The van der Waals surface area contributed by atoms with Gasteiger partial charge in [-0.3, -0.25) is 0 Å².